The molecule has 1 aliphatic rings. The van der Waals surface area contributed by atoms with Gasteiger partial charge in [0.25, 0.3) is 0 Å². The molecule has 0 unspecified atom stereocenters. The monoisotopic (exact) mass is 526 g/mol. The standard InChI is InChI=1S/C23H31FN4O.HI/c1-3-25-23(26-17-18-10-11-22(29-4-2)21(24)16-18)27-19-12-14-28(15-13-19)20-8-6-5-7-9-20;/h5-11,16,19H,3-4,12-15,17H2,1-2H3,(H2,25,26,27);1H. The van der Waals surface area contributed by atoms with Crippen molar-refractivity contribution in [2.45, 2.75) is 39.3 Å². The molecule has 0 atom stereocenters. The van der Waals surface area contributed by atoms with E-state index in [4.69, 9.17) is 4.74 Å². The van der Waals surface area contributed by atoms with Crippen molar-refractivity contribution in [3.05, 3.63) is 59.9 Å². The van der Waals surface area contributed by atoms with Crippen LogP contribution < -0.4 is 20.3 Å². The van der Waals surface area contributed by atoms with E-state index >= 15 is 0 Å². The highest BCUT2D eigenvalue weighted by Gasteiger charge is 2.20. The second kappa shape index (κ2) is 12.6. The van der Waals surface area contributed by atoms with Crippen molar-refractivity contribution in [2.75, 3.05) is 31.1 Å². The van der Waals surface area contributed by atoms with Crippen molar-refractivity contribution in [1.29, 1.82) is 0 Å². The summed E-state index contributed by atoms with van der Waals surface area (Å²) in [5, 5.41) is 6.84. The fraction of sp³-hybridized carbons (Fsp3) is 0.435. The molecule has 0 saturated carbocycles. The van der Waals surface area contributed by atoms with Crippen LogP contribution in [0.1, 0.15) is 32.3 Å². The number of halogens is 2. The Labute approximate surface area is 196 Å². The molecule has 0 radical (unpaired) electrons. The first-order chi connectivity index (χ1) is 14.2. The summed E-state index contributed by atoms with van der Waals surface area (Å²) in [6, 6.07) is 15.9. The molecule has 5 nitrogen and oxygen atoms in total. The maximum absolute atomic E-state index is 14.0. The normalized spacial score (nSPS) is 14.8. The van der Waals surface area contributed by atoms with Gasteiger partial charge in [0.05, 0.1) is 13.2 Å². The van der Waals surface area contributed by atoms with E-state index in [1.807, 2.05) is 26.0 Å². The molecule has 30 heavy (non-hydrogen) atoms. The summed E-state index contributed by atoms with van der Waals surface area (Å²) >= 11 is 0. The first-order valence-electron chi connectivity index (χ1n) is 10.5. The van der Waals surface area contributed by atoms with Crippen LogP contribution in [0.25, 0.3) is 0 Å². The van der Waals surface area contributed by atoms with Crippen LogP contribution in [-0.4, -0.2) is 38.2 Å². The van der Waals surface area contributed by atoms with Gasteiger partial charge in [-0.1, -0.05) is 24.3 Å². The van der Waals surface area contributed by atoms with Gasteiger partial charge in [0.1, 0.15) is 0 Å². The summed E-state index contributed by atoms with van der Waals surface area (Å²) in [5.74, 6) is 0.723. The van der Waals surface area contributed by atoms with Gasteiger partial charge in [-0.3, -0.25) is 0 Å². The van der Waals surface area contributed by atoms with Gasteiger partial charge in [-0.15, -0.1) is 24.0 Å². The van der Waals surface area contributed by atoms with Crippen molar-refractivity contribution in [3.63, 3.8) is 0 Å². The number of nitrogens with one attached hydrogen (secondary N) is 2. The molecule has 7 heteroatoms. The third kappa shape index (κ3) is 7.04. The molecular formula is C23H32FIN4O. The Hall–Kier alpha value is -2.03. The van der Waals surface area contributed by atoms with Gasteiger partial charge in [-0.25, -0.2) is 9.38 Å². The van der Waals surface area contributed by atoms with Crippen LogP contribution in [0.4, 0.5) is 10.1 Å². The predicted molar refractivity (Wildman–Crippen MR) is 133 cm³/mol. The summed E-state index contributed by atoms with van der Waals surface area (Å²) < 4.78 is 19.3. The molecule has 2 N–H and O–H groups in total. The van der Waals surface area contributed by atoms with Crippen molar-refractivity contribution in [1.82, 2.24) is 10.6 Å². The maximum atomic E-state index is 14.0. The minimum atomic E-state index is -0.342. The van der Waals surface area contributed by atoms with Gasteiger partial charge in [0.15, 0.2) is 17.5 Å². The highest BCUT2D eigenvalue weighted by atomic mass is 127. The molecule has 0 spiro atoms. The SMILES string of the molecule is CCNC(=NCc1ccc(OCC)c(F)c1)NC1CCN(c2ccccc2)CC1.I. The smallest absolute Gasteiger partial charge is 0.191 e. The lowest BCUT2D eigenvalue weighted by atomic mass is 10.0. The number of guanidine groups is 1. The van der Waals surface area contributed by atoms with Crippen molar-refractivity contribution < 1.29 is 9.13 Å². The largest absolute Gasteiger partial charge is 0.491 e. The quantitative estimate of drug-likeness (QED) is 0.316. The fourth-order valence-electron chi connectivity index (χ4n) is 3.52. The highest BCUT2D eigenvalue weighted by Crippen LogP contribution is 2.20. The Morgan fingerprint density at radius 1 is 1.13 bits per heavy atom. The fourth-order valence-corrected chi connectivity index (χ4v) is 3.52. The van der Waals surface area contributed by atoms with E-state index in [0.29, 0.717) is 19.2 Å². The van der Waals surface area contributed by atoms with Crippen LogP contribution in [0.15, 0.2) is 53.5 Å². The van der Waals surface area contributed by atoms with Gasteiger partial charge in [0.2, 0.25) is 0 Å². The first-order valence-corrected chi connectivity index (χ1v) is 10.5. The Kier molecular flexibility index (Phi) is 10.2. The topological polar surface area (TPSA) is 48.9 Å². The summed E-state index contributed by atoms with van der Waals surface area (Å²) in [7, 11) is 0. The lowest BCUT2D eigenvalue weighted by molar-refractivity contribution is 0.321. The van der Waals surface area contributed by atoms with Crippen molar-refractivity contribution >= 4 is 35.6 Å². The van der Waals surface area contributed by atoms with Crippen LogP contribution in [0.3, 0.4) is 0 Å². The summed E-state index contributed by atoms with van der Waals surface area (Å²) in [5.41, 5.74) is 2.10. The molecule has 0 bridgehead atoms. The molecule has 0 aliphatic carbocycles. The van der Waals surface area contributed by atoms with E-state index < -0.39 is 0 Å². The van der Waals surface area contributed by atoms with Gasteiger partial charge in [-0.05, 0) is 56.5 Å². The van der Waals surface area contributed by atoms with Crippen LogP contribution >= 0.6 is 24.0 Å². The van der Waals surface area contributed by atoms with Crippen LogP contribution in [0.2, 0.25) is 0 Å². The second-order valence-electron chi connectivity index (χ2n) is 7.13. The molecule has 0 amide bonds. The van der Waals surface area contributed by atoms with E-state index in [9.17, 15) is 4.39 Å². The molecular weight excluding hydrogens is 494 g/mol. The van der Waals surface area contributed by atoms with E-state index in [1.165, 1.54) is 11.8 Å². The predicted octanol–water partition coefficient (Wildman–Crippen LogP) is 4.57. The Bertz CT molecular complexity index is 795. The van der Waals surface area contributed by atoms with Gasteiger partial charge < -0.3 is 20.3 Å². The number of benzene rings is 2. The van der Waals surface area contributed by atoms with Gasteiger partial charge in [-0.2, -0.15) is 0 Å². The first kappa shape index (κ1) is 24.2. The summed E-state index contributed by atoms with van der Waals surface area (Å²) in [4.78, 5) is 7.07. The molecule has 3 rings (SSSR count). The Balaban J connectivity index is 0.00000320. The van der Waals surface area contributed by atoms with E-state index in [1.54, 1.807) is 6.07 Å². The molecule has 2 aromatic carbocycles. The van der Waals surface area contributed by atoms with Crippen LogP contribution in [-0.2, 0) is 6.54 Å². The van der Waals surface area contributed by atoms with E-state index in [-0.39, 0.29) is 35.5 Å². The number of anilines is 1. The summed E-state index contributed by atoms with van der Waals surface area (Å²) in [6.07, 6.45) is 2.11. The van der Waals surface area contributed by atoms with Gasteiger partial charge in [0, 0.05) is 31.4 Å². The lowest BCUT2D eigenvalue weighted by Gasteiger charge is -2.34. The Morgan fingerprint density at radius 2 is 1.87 bits per heavy atom. The number of aliphatic imine (C=N–C) groups is 1. The van der Waals surface area contributed by atoms with E-state index in [2.05, 4.69) is 44.8 Å². The minimum absolute atomic E-state index is 0. The number of rotatable bonds is 7. The molecule has 164 valence electrons. The van der Waals surface area contributed by atoms with Gasteiger partial charge >= 0.3 is 0 Å². The third-order valence-corrected chi connectivity index (χ3v) is 5.02. The molecule has 0 aromatic heterocycles. The Morgan fingerprint density at radius 3 is 2.50 bits per heavy atom. The average molecular weight is 526 g/mol. The van der Waals surface area contributed by atoms with Crippen LogP contribution in [0, 0.1) is 5.82 Å². The number of hydrogen-bond acceptors (Lipinski definition) is 3. The number of piperidine rings is 1. The second-order valence-corrected chi connectivity index (χ2v) is 7.13. The zero-order valence-electron chi connectivity index (χ0n) is 17.7. The van der Waals surface area contributed by atoms with Crippen molar-refractivity contribution in [3.8, 4) is 5.75 Å². The average Bonchev–Trinajstić information content (AvgIpc) is 2.75. The lowest BCUT2D eigenvalue weighted by Crippen LogP contribution is -2.48. The molecule has 1 fully saturated rings. The highest BCUT2D eigenvalue weighted by molar-refractivity contribution is 14.0. The zero-order chi connectivity index (χ0) is 20.5. The number of hydrogen-bond donors (Lipinski definition) is 2. The molecule has 1 aliphatic heterocycles. The number of ether oxygens (including phenoxy) is 1. The minimum Gasteiger partial charge on any atom is -0.491 e. The van der Waals surface area contributed by atoms with Crippen molar-refractivity contribution in [2.24, 2.45) is 4.99 Å². The zero-order valence-corrected chi connectivity index (χ0v) is 20.1. The number of nitrogens with zero attached hydrogens (tertiary/aromatic N) is 2. The maximum Gasteiger partial charge on any atom is 0.191 e. The third-order valence-electron chi connectivity index (χ3n) is 5.02. The summed E-state index contributed by atoms with van der Waals surface area (Å²) in [6.45, 7) is 7.58. The van der Waals surface area contributed by atoms with Crippen LogP contribution in [0.5, 0.6) is 5.75 Å². The molecule has 2 aromatic rings. The molecule has 1 heterocycles. The molecule has 1 saturated heterocycles. The number of para-hydroxylation sites is 1. The van der Waals surface area contributed by atoms with E-state index in [0.717, 1.165) is 44.0 Å².